The van der Waals surface area contributed by atoms with Crippen molar-refractivity contribution in [2.24, 2.45) is 0 Å². The fourth-order valence-electron chi connectivity index (χ4n) is 3.08. The number of rotatable bonds is 3. The first-order chi connectivity index (χ1) is 10.7. The number of hydrogen-bond donors (Lipinski definition) is 3. The van der Waals surface area contributed by atoms with Gasteiger partial charge in [0.2, 0.25) is 0 Å². The van der Waals surface area contributed by atoms with Crippen molar-refractivity contribution in [3.8, 4) is 0 Å². The standard InChI is InChI=1S/C18H22N2O2/c21-16-10-8-15(9-11-16)20-18(22)19-12-14-6-3-5-13-4-1-2-7-17(13)14/h1-7,15-16,21H,8-12H2,(H2,19,20,22). The summed E-state index contributed by atoms with van der Waals surface area (Å²) < 4.78 is 0. The molecule has 1 fully saturated rings. The number of urea groups is 1. The zero-order valence-corrected chi connectivity index (χ0v) is 12.6. The Kier molecular flexibility index (Phi) is 4.59. The maximum Gasteiger partial charge on any atom is 0.315 e. The zero-order chi connectivity index (χ0) is 15.4. The van der Waals surface area contributed by atoms with Gasteiger partial charge in [0.25, 0.3) is 0 Å². The van der Waals surface area contributed by atoms with Gasteiger partial charge in [0.1, 0.15) is 0 Å². The summed E-state index contributed by atoms with van der Waals surface area (Å²) >= 11 is 0. The second-order valence-electron chi connectivity index (χ2n) is 5.97. The Morgan fingerprint density at radius 1 is 1.05 bits per heavy atom. The Morgan fingerprint density at radius 3 is 2.59 bits per heavy atom. The van der Waals surface area contributed by atoms with Crippen LogP contribution in [0.25, 0.3) is 10.8 Å². The molecule has 1 aliphatic carbocycles. The van der Waals surface area contributed by atoms with E-state index in [1.807, 2.05) is 24.3 Å². The lowest BCUT2D eigenvalue weighted by molar-refractivity contribution is 0.117. The van der Waals surface area contributed by atoms with Crippen molar-refractivity contribution >= 4 is 16.8 Å². The minimum Gasteiger partial charge on any atom is -0.393 e. The number of fused-ring (bicyclic) bond motifs is 1. The lowest BCUT2D eigenvalue weighted by atomic mass is 9.93. The van der Waals surface area contributed by atoms with E-state index in [2.05, 4.69) is 28.8 Å². The predicted octanol–water partition coefficient (Wildman–Crippen LogP) is 2.94. The monoisotopic (exact) mass is 298 g/mol. The fraction of sp³-hybridized carbons (Fsp3) is 0.389. The molecule has 2 amide bonds. The molecule has 0 spiro atoms. The van der Waals surface area contributed by atoms with Gasteiger partial charge in [-0.15, -0.1) is 0 Å². The van der Waals surface area contributed by atoms with Crippen molar-refractivity contribution in [2.75, 3.05) is 0 Å². The highest BCUT2D eigenvalue weighted by Crippen LogP contribution is 2.19. The van der Waals surface area contributed by atoms with E-state index in [1.54, 1.807) is 0 Å². The molecule has 1 aliphatic rings. The number of nitrogens with one attached hydrogen (secondary N) is 2. The summed E-state index contributed by atoms with van der Waals surface area (Å²) in [5.41, 5.74) is 1.12. The minimum absolute atomic E-state index is 0.130. The first-order valence-electron chi connectivity index (χ1n) is 7.91. The van der Waals surface area contributed by atoms with Crippen molar-refractivity contribution in [3.63, 3.8) is 0 Å². The van der Waals surface area contributed by atoms with Crippen molar-refractivity contribution in [3.05, 3.63) is 48.0 Å². The number of aliphatic hydroxyl groups is 1. The molecule has 3 rings (SSSR count). The fourth-order valence-corrected chi connectivity index (χ4v) is 3.08. The van der Waals surface area contributed by atoms with Gasteiger partial charge in [-0.2, -0.15) is 0 Å². The minimum atomic E-state index is -0.197. The molecular weight excluding hydrogens is 276 g/mol. The molecule has 0 heterocycles. The van der Waals surface area contributed by atoms with Crippen LogP contribution < -0.4 is 10.6 Å². The van der Waals surface area contributed by atoms with Gasteiger partial charge in [-0.25, -0.2) is 4.79 Å². The van der Waals surface area contributed by atoms with E-state index < -0.39 is 0 Å². The number of carbonyl (C=O) groups is 1. The Balaban J connectivity index is 1.56. The maximum atomic E-state index is 12.0. The van der Waals surface area contributed by atoms with Crippen molar-refractivity contribution in [1.82, 2.24) is 10.6 Å². The van der Waals surface area contributed by atoms with E-state index in [0.29, 0.717) is 6.54 Å². The van der Waals surface area contributed by atoms with Crippen molar-refractivity contribution in [2.45, 2.75) is 44.4 Å². The molecule has 2 aromatic carbocycles. The van der Waals surface area contributed by atoms with E-state index in [4.69, 9.17) is 0 Å². The zero-order valence-electron chi connectivity index (χ0n) is 12.6. The topological polar surface area (TPSA) is 61.4 Å². The smallest absolute Gasteiger partial charge is 0.315 e. The predicted molar refractivity (Wildman–Crippen MR) is 87.6 cm³/mol. The summed E-state index contributed by atoms with van der Waals surface area (Å²) in [7, 11) is 0. The van der Waals surface area contributed by atoms with E-state index in [9.17, 15) is 9.90 Å². The highest BCUT2D eigenvalue weighted by atomic mass is 16.3. The Bertz CT molecular complexity index is 643. The average Bonchev–Trinajstić information content (AvgIpc) is 2.55. The van der Waals surface area contributed by atoms with Crippen LogP contribution in [0.2, 0.25) is 0 Å². The summed E-state index contributed by atoms with van der Waals surface area (Å²) in [6.45, 7) is 0.516. The second-order valence-corrected chi connectivity index (χ2v) is 5.97. The summed E-state index contributed by atoms with van der Waals surface area (Å²) in [5.74, 6) is 0. The van der Waals surface area contributed by atoms with Crippen LogP contribution in [0.4, 0.5) is 4.79 Å². The maximum absolute atomic E-state index is 12.0. The highest BCUT2D eigenvalue weighted by Gasteiger charge is 2.20. The second kappa shape index (κ2) is 6.79. The van der Waals surface area contributed by atoms with Gasteiger partial charge in [-0.05, 0) is 42.0 Å². The van der Waals surface area contributed by atoms with Gasteiger partial charge in [-0.1, -0.05) is 42.5 Å². The van der Waals surface area contributed by atoms with Crippen LogP contribution in [0.15, 0.2) is 42.5 Å². The first kappa shape index (κ1) is 14.9. The Hall–Kier alpha value is -2.07. The van der Waals surface area contributed by atoms with Crippen molar-refractivity contribution < 1.29 is 9.90 Å². The number of carbonyl (C=O) groups excluding carboxylic acids is 1. The molecule has 0 saturated heterocycles. The SMILES string of the molecule is O=C(NCc1cccc2ccccc12)NC1CCC(O)CC1. The molecule has 4 nitrogen and oxygen atoms in total. The molecule has 1 saturated carbocycles. The van der Waals surface area contributed by atoms with E-state index >= 15 is 0 Å². The third-order valence-electron chi connectivity index (χ3n) is 4.35. The Morgan fingerprint density at radius 2 is 1.77 bits per heavy atom. The van der Waals surface area contributed by atoms with Gasteiger partial charge >= 0.3 is 6.03 Å². The van der Waals surface area contributed by atoms with Crippen LogP contribution >= 0.6 is 0 Å². The molecule has 2 aromatic rings. The molecule has 0 unspecified atom stereocenters. The Labute approximate surface area is 130 Å². The molecule has 22 heavy (non-hydrogen) atoms. The molecular formula is C18H22N2O2. The summed E-state index contributed by atoms with van der Waals surface area (Å²) in [6, 6.07) is 14.4. The van der Waals surface area contributed by atoms with E-state index in [-0.39, 0.29) is 18.2 Å². The number of benzene rings is 2. The molecule has 116 valence electrons. The average molecular weight is 298 g/mol. The molecule has 3 N–H and O–H groups in total. The van der Waals surface area contributed by atoms with Crippen LogP contribution in [0.3, 0.4) is 0 Å². The van der Waals surface area contributed by atoms with E-state index in [1.165, 1.54) is 10.8 Å². The van der Waals surface area contributed by atoms with Crippen LogP contribution in [0.1, 0.15) is 31.2 Å². The molecule has 0 atom stereocenters. The van der Waals surface area contributed by atoms with Crippen LogP contribution in [-0.2, 0) is 6.54 Å². The third kappa shape index (κ3) is 3.57. The molecule has 0 aliphatic heterocycles. The summed E-state index contributed by atoms with van der Waals surface area (Å²) in [5, 5.41) is 17.8. The van der Waals surface area contributed by atoms with Gasteiger partial charge in [0, 0.05) is 12.6 Å². The lowest BCUT2D eigenvalue weighted by Gasteiger charge is -2.26. The summed E-state index contributed by atoms with van der Waals surface area (Å²) in [4.78, 5) is 12.0. The molecule has 0 bridgehead atoms. The van der Waals surface area contributed by atoms with Gasteiger partial charge in [-0.3, -0.25) is 0 Å². The summed E-state index contributed by atoms with van der Waals surface area (Å²) in [6.07, 6.45) is 3.05. The van der Waals surface area contributed by atoms with Crippen molar-refractivity contribution in [1.29, 1.82) is 0 Å². The molecule has 4 heteroatoms. The van der Waals surface area contributed by atoms with Crippen LogP contribution in [0.5, 0.6) is 0 Å². The molecule has 0 radical (unpaired) electrons. The van der Waals surface area contributed by atoms with Crippen LogP contribution in [-0.4, -0.2) is 23.3 Å². The quantitative estimate of drug-likeness (QED) is 0.816. The van der Waals surface area contributed by atoms with Crippen LogP contribution in [0, 0.1) is 0 Å². The van der Waals surface area contributed by atoms with Gasteiger partial charge in [0.05, 0.1) is 6.10 Å². The number of hydrogen-bond acceptors (Lipinski definition) is 2. The molecule has 0 aromatic heterocycles. The first-order valence-corrected chi connectivity index (χ1v) is 7.91. The van der Waals surface area contributed by atoms with E-state index in [0.717, 1.165) is 31.2 Å². The number of aliphatic hydroxyl groups excluding tert-OH is 1. The highest BCUT2D eigenvalue weighted by molar-refractivity contribution is 5.86. The largest absolute Gasteiger partial charge is 0.393 e. The third-order valence-corrected chi connectivity index (χ3v) is 4.35. The van der Waals surface area contributed by atoms with Gasteiger partial charge in [0.15, 0.2) is 0 Å². The lowest BCUT2D eigenvalue weighted by Crippen LogP contribution is -2.43. The van der Waals surface area contributed by atoms with Gasteiger partial charge < -0.3 is 15.7 Å². The number of amides is 2. The normalized spacial score (nSPS) is 21.5.